The van der Waals surface area contributed by atoms with Gasteiger partial charge < -0.3 is 4.90 Å². The molecule has 2 saturated heterocycles. The van der Waals surface area contributed by atoms with Crippen molar-refractivity contribution in [2.24, 2.45) is 11.8 Å². The number of piperidine rings is 2. The van der Waals surface area contributed by atoms with E-state index in [9.17, 15) is 0 Å². The molecule has 0 spiro atoms. The Bertz CT molecular complexity index is 646. The molecule has 4 nitrogen and oxygen atoms in total. The minimum Gasteiger partial charge on any atom is -0.303 e. The number of likely N-dealkylation sites (tertiary alicyclic amines) is 2. The summed E-state index contributed by atoms with van der Waals surface area (Å²) in [5, 5.41) is 4.33. The highest BCUT2D eigenvalue weighted by Gasteiger charge is 2.25. The van der Waals surface area contributed by atoms with Crippen LogP contribution in [0.5, 0.6) is 0 Å². The fourth-order valence-corrected chi connectivity index (χ4v) is 4.86. The van der Waals surface area contributed by atoms with Crippen LogP contribution in [0, 0.1) is 11.8 Å². The van der Waals surface area contributed by atoms with E-state index in [4.69, 9.17) is 0 Å². The van der Waals surface area contributed by atoms with Gasteiger partial charge in [-0.25, -0.2) is 0 Å². The molecule has 0 N–H and O–H groups in total. The average Bonchev–Trinajstić information content (AvgIpc) is 3.22. The Morgan fingerprint density at radius 1 is 0.889 bits per heavy atom. The zero-order chi connectivity index (χ0) is 18.3. The summed E-state index contributed by atoms with van der Waals surface area (Å²) >= 11 is 0. The van der Waals surface area contributed by atoms with Gasteiger partial charge >= 0.3 is 0 Å². The lowest BCUT2D eigenvalue weighted by Crippen LogP contribution is -2.43. The predicted octanol–water partition coefficient (Wildman–Crippen LogP) is 3.90. The third kappa shape index (κ3) is 5.66. The third-order valence-electron chi connectivity index (χ3n) is 6.40. The molecule has 3 heterocycles. The molecule has 4 heteroatoms. The van der Waals surface area contributed by atoms with Crippen LogP contribution in [0.25, 0.3) is 0 Å². The van der Waals surface area contributed by atoms with Crippen LogP contribution in [0.15, 0.2) is 48.8 Å². The molecular weight excluding hydrogens is 332 g/mol. The average molecular weight is 367 g/mol. The molecule has 0 saturated carbocycles. The molecule has 2 aromatic rings. The summed E-state index contributed by atoms with van der Waals surface area (Å²) in [6.07, 6.45) is 10.7. The Morgan fingerprint density at radius 2 is 1.74 bits per heavy atom. The molecule has 1 aromatic carbocycles. The maximum atomic E-state index is 4.33. The van der Waals surface area contributed by atoms with Gasteiger partial charge in [0.25, 0.3) is 0 Å². The van der Waals surface area contributed by atoms with E-state index in [2.05, 4.69) is 56.1 Å². The summed E-state index contributed by atoms with van der Waals surface area (Å²) in [7, 11) is 0. The highest BCUT2D eigenvalue weighted by Crippen LogP contribution is 2.24. The standard InChI is InChI=1S/C23H34N4/c1-2-6-22(7-3-1)18-26-13-4-8-23(20-26)19-25-15-9-21(10-16-25)11-17-27-14-5-12-24-27/h1-3,5-7,12,14,21,23H,4,8-11,13,15-20H2/t23-/m1/s1. The van der Waals surface area contributed by atoms with Gasteiger partial charge in [-0.05, 0) is 75.2 Å². The molecule has 0 bridgehead atoms. The number of hydrogen-bond donors (Lipinski definition) is 0. The lowest BCUT2D eigenvalue weighted by molar-refractivity contribution is 0.104. The summed E-state index contributed by atoms with van der Waals surface area (Å²) in [6.45, 7) is 8.62. The van der Waals surface area contributed by atoms with Gasteiger partial charge in [-0.15, -0.1) is 0 Å². The monoisotopic (exact) mass is 366 g/mol. The Labute approximate surface area is 164 Å². The topological polar surface area (TPSA) is 24.3 Å². The largest absolute Gasteiger partial charge is 0.303 e. The fourth-order valence-electron chi connectivity index (χ4n) is 4.86. The lowest BCUT2D eigenvalue weighted by atomic mass is 9.91. The van der Waals surface area contributed by atoms with Crippen molar-refractivity contribution in [3.63, 3.8) is 0 Å². The van der Waals surface area contributed by atoms with E-state index in [1.165, 1.54) is 70.4 Å². The third-order valence-corrected chi connectivity index (χ3v) is 6.40. The van der Waals surface area contributed by atoms with Crippen molar-refractivity contribution in [1.82, 2.24) is 19.6 Å². The lowest BCUT2D eigenvalue weighted by Gasteiger charge is -2.38. The Kier molecular flexibility index (Phi) is 6.59. The van der Waals surface area contributed by atoms with E-state index in [0.29, 0.717) is 0 Å². The maximum absolute atomic E-state index is 4.33. The van der Waals surface area contributed by atoms with Crippen LogP contribution in [0.3, 0.4) is 0 Å². The van der Waals surface area contributed by atoms with Crippen molar-refractivity contribution >= 4 is 0 Å². The van der Waals surface area contributed by atoms with Gasteiger partial charge in [0.1, 0.15) is 0 Å². The van der Waals surface area contributed by atoms with E-state index >= 15 is 0 Å². The van der Waals surface area contributed by atoms with Crippen molar-refractivity contribution < 1.29 is 0 Å². The zero-order valence-corrected chi connectivity index (χ0v) is 16.5. The van der Waals surface area contributed by atoms with Crippen molar-refractivity contribution in [1.29, 1.82) is 0 Å². The number of benzene rings is 1. The number of aryl methyl sites for hydroxylation is 1. The minimum absolute atomic E-state index is 0.850. The first-order valence-corrected chi connectivity index (χ1v) is 10.8. The van der Waals surface area contributed by atoms with E-state index in [-0.39, 0.29) is 0 Å². The van der Waals surface area contributed by atoms with Crippen LogP contribution in [0.1, 0.15) is 37.7 Å². The van der Waals surface area contributed by atoms with Gasteiger partial charge in [-0.1, -0.05) is 30.3 Å². The fraction of sp³-hybridized carbons (Fsp3) is 0.609. The second-order valence-corrected chi connectivity index (χ2v) is 8.53. The molecule has 0 aliphatic carbocycles. The minimum atomic E-state index is 0.850. The first kappa shape index (κ1) is 18.7. The Morgan fingerprint density at radius 3 is 2.52 bits per heavy atom. The summed E-state index contributed by atoms with van der Waals surface area (Å²) in [4.78, 5) is 5.40. The molecule has 27 heavy (non-hydrogen) atoms. The maximum Gasteiger partial charge on any atom is 0.0489 e. The highest BCUT2D eigenvalue weighted by atomic mass is 15.3. The second kappa shape index (κ2) is 9.52. The summed E-state index contributed by atoms with van der Waals surface area (Å²) in [5.74, 6) is 1.73. The zero-order valence-electron chi connectivity index (χ0n) is 16.5. The summed E-state index contributed by atoms with van der Waals surface area (Å²) in [5.41, 5.74) is 1.45. The molecule has 0 radical (unpaired) electrons. The first-order chi connectivity index (χ1) is 13.3. The van der Waals surface area contributed by atoms with Crippen LogP contribution >= 0.6 is 0 Å². The van der Waals surface area contributed by atoms with Crippen LogP contribution in [-0.4, -0.2) is 52.3 Å². The number of aromatic nitrogens is 2. The van der Waals surface area contributed by atoms with Crippen molar-refractivity contribution in [3.05, 3.63) is 54.4 Å². The molecule has 1 aromatic heterocycles. The predicted molar refractivity (Wildman–Crippen MR) is 110 cm³/mol. The molecular formula is C23H34N4. The normalized spacial score (nSPS) is 22.9. The smallest absolute Gasteiger partial charge is 0.0489 e. The number of nitrogens with zero attached hydrogens (tertiary/aromatic N) is 4. The van der Waals surface area contributed by atoms with Crippen molar-refractivity contribution in [2.45, 2.75) is 45.2 Å². The quantitative estimate of drug-likeness (QED) is 0.743. The van der Waals surface area contributed by atoms with Gasteiger partial charge in [0.05, 0.1) is 0 Å². The van der Waals surface area contributed by atoms with Gasteiger partial charge in [0.2, 0.25) is 0 Å². The van der Waals surface area contributed by atoms with Crippen LogP contribution in [0.2, 0.25) is 0 Å². The highest BCUT2D eigenvalue weighted by molar-refractivity contribution is 5.14. The Hall–Kier alpha value is -1.65. The van der Waals surface area contributed by atoms with E-state index in [0.717, 1.165) is 24.9 Å². The first-order valence-electron chi connectivity index (χ1n) is 10.8. The van der Waals surface area contributed by atoms with Crippen molar-refractivity contribution in [3.8, 4) is 0 Å². The SMILES string of the molecule is c1ccc(CN2CCC[C@H](CN3CCC(CCn4cccn4)CC3)C2)cc1. The van der Waals surface area contributed by atoms with E-state index in [1.54, 1.807) is 0 Å². The second-order valence-electron chi connectivity index (χ2n) is 8.53. The van der Waals surface area contributed by atoms with Crippen LogP contribution < -0.4 is 0 Å². The molecule has 2 fully saturated rings. The molecule has 0 amide bonds. The molecule has 1 atom stereocenters. The van der Waals surface area contributed by atoms with Gasteiger partial charge in [-0.2, -0.15) is 5.10 Å². The summed E-state index contributed by atoms with van der Waals surface area (Å²) in [6, 6.07) is 13.0. The molecule has 2 aliphatic heterocycles. The van der Waals surface area contributed by atoms with Crippen molar-refractivity contribution in [2.75, 3.05) is 32.7 Å². The number of hydrogen-bond acceptors (Lipinski definition) is 3. The molecule has 0 unspecified atom stereocenters. The van der Waals surface area contributed by atoms with Gasteiger partial charge in [0.15, 0.2) is 0 Å². The van der Waals surface area contributed by atoms with Crippen LogP contribution in [-0.2, 0) is 13.1 Å². The van der Waals surface area contributed by atoms with E-state index < -0.39 is 0 Å². The number of rotatable bonds is 7. The van der Waals surface area contributed by atoms with Gasteiger partial charge in [-0.3, -0.25) is 9.58 Å². The Balaban J connectivity index is 1.17. The molecule has 146 valence electrons. The molecule has 2 aliphatic rings. The van der Waals surface area contributed by atoms with Gasteiger partial charge in [0, 0.05) is 38.6 Å². The summed E-state index contributed by atoms with van der Waals surface area (Å²) < 4.78 is 2.08. The van der Waals surface area contributed by atoms with Crippen LogP contribution in [0.4, 0.5) is 0 Å². The van der Waals surface area contributed by atoms with E-state index in [1.807, 2.05) is 12.3 Å². The molecule has 4 rings (SSSR count).